The Balaban J connectivity index is 1.48. The van der Waals surface area contributed by atoms with Crippen LogP contribution in [-0.2, 0) is 5.41 Å². The number of nitrogens with zero attached hydrogens (tertiary/aromatic N) is 1. The molecule has 0 radical (unpaired) electrons. The first-order chi connectivity index (χ1) is 15.9. The van der Waals surface area contributed by atoms with Gasteiger partial charge in [-0.3, -0.25) is 0 Å². The number of benzene rings is 4. The van der Waals surface area contributed by atoms with Crippen LogP contribution >= 0.6 is 0 Å². The van der Waals surface area contributed by atoms with Gasteiger partial charge in [0, 0.05) is 22.8 Å². The lowest BCUT2D eigenvalue weighted by atomic mass is 9.81. The van der Waals surface area contributed by atoms with E-state index in [1.165, 1.54) is 39.1 Å². The Morgan fingerprint density at radius 1 is 0.667 bits per heavy atom. The molecule has 5 rings (SSSR count). The van der Waals surface area contributed by atoms with E-state index in [1.54, 1.807) is 7.11 Å². The third-order valence-electron chi connectivity index (χ3n) is 6.93. The van der Waals surface area contributed by atoms with E-state index in [4.69, 9.17) is 4.74 Å². The third-order valence-corrected chi connectivity index (χ3v) is 6.93. The highest BCUT2D eigenvalue weighted by Gasteiger charge is 2.35. The summed E-state index contributed by atoms with van der Waals surface area (Å²) in [5, 5.41) is 0. The van der Waals surface area contributed by atoms with Crippen molar-refractivity contribution in [3.05, 3.63) is 102 Å². The summed E-state index contributed by atoms with van der Waals surface area (Å²) in [7, 11) is 1.70. The van der Waals surface area contributed by atoms with Gasteiger partial charge >= 0.3 is 0 Å². The normalized spacial score (nSPS) is 13.5. The quantitative estimate of drug-likeness (QED) is 0.314. The first-order valence-corrected chi connectivity index (χ1v) is 11.7. The third kappa shape index (κ3) is 3.60. The summed E-state index contributed by atoms with van der Waals surface area (Å²) in [6, 6.07) is 33.3. The fraction of sp³-hybridized carbons (Fsp3) is 0.226. The highest BCUT2D eigenvalue weighted by molar-refractivity contribution is 5.83. The minimum atomic E-state index is 0.0185. The topological polar surface area (TPSA) is 12.5 Å². The molecule has 0 heterocycles. The molecule has 0 saturated carbocycles. The highest BCUT2D eigenvalue weighted by Crippen LogP contribution is 2.49. The van der Waals surface area contributed by atoms with Gasteiger partial charge in [-0.25, -0.2) is 0 Å². The van der Waals surface area contributed by atoms with Crippen molar-refractivity contribution in [2.75, 3.05) is 12.0 Å². The van der Waals surface area contributed by atoms with Crippen LogP contribution in [-0.4, -0.2) is 13.2 Å². The minimum Gasteiger partial charge on any atom is -0.497 e. The largest absolute Gasteiger partial charge is 0.497 e. The summed E-state index contributed by atoms with van der Waals surface area (Å²) in [5.41, 5.74) is 10.4. The molecule has 0 unspecified atom stereocenters. The van der Waals surface area contributed by atoms with E-state index in [9.17, 15) is 0 Å². The minimum absolute atomic E-state index is 0.0185. The number of anilines is 2. The molecule has 166 valence electrons. The molecule has 0 atom stereocenters. The summed E-state index contributed by atoms with van der Waals surface area (Å²) in [4.78, 5) is 2.35. The molecule has 0 aliphatic heterocycles. The number of fused-ring (bicyclic) bond motifs is 3. The fourth-order valence-electron chi connectivity index (χ4n) is 5.19. The number of methoxy groups -OCH3 is 1. The second-order valence-electron chi connectivity index (χ2n) is 9.64. The van der Waals surface area contributed by atoms with Crippen LogP contribution in [0, 0.1) is 0 Å². The Morgan fingerprint density at radius 3 is 1.88 bits per heavy atom. The van der Waals surface area contributed by atoms with Gasteiger partial charge in [0.05, 0.1) is 7.11 Å². The van der Waals surface area contributed by atoms with E-state index in [0.717, 1.165) is 11.4 Å². The van der Waals surface area contributed by atoms with Crippen molar-refractivity contribution in [3.63, 3.8) is 0 Å². The van der Waals surface area contributed by atoms with Gasteiger partial charge in [0.2, 0.25) is 0 Å². The molecule has 0 N–H and O–H groups in total. The van der Waals surface area contributed by atoms with Crippen molar-refractivity contribution in [2.45, 2.75) is 39.2 Å². The van der Waals surface area contributed by atoms with Gasteiger partial charge in [0.15, 0.2) is 0 Å². The molecule has 0 fully saturated rings. The predicted molar refractivity (Wildman–Crippen MR) is 140 cm³/mol. The molecule has 4 aromatic rings. The average Bonchev–Trinajstić information content (AvgIpc) is 3.07. The van der Waals surface area contributed by atoms with Crippen LogP contribution in [0.25, 0.3) is 22.3 Å². The SMILES string of the molecule is COc1ccc(N(c2ccc(-c3ccc4c(c3)C(C)(C)c3ccccc3-4)cc2)C(C)C)cc1. The van der Waals surface area contributed by atoms with Crippen molar-refractivity contribution < 1.29 is 4.74 Å². The van der Waals surface area contributed by atoms with Gasteiger partial charge in [-0.05, 0) is 89.7 Å². The molecular formula is C31H31NO. The van der Waals surface area contributed by atoms with E-state index >= 15 is 0 Å². The van der Waals surface area contributed by atoms with Crippen molar-refractivity contribution in [3.8, 4) is 28.0 Å². The van der Waals surface area contributed by atoms with E-state index < -0.39 is 0 Å². The van der Waals surface area contributed by atoms with E-state index in [2.05, 4.69) is 111 Å². The Labute approximate surface area is 197 Å². The molecule has 0 aromatic heterocycles. The molecule has 33 heavy (non-hydrogen) atoms. The van der Waals surface area contributed by atoms with Crippen molar-refractivity contribution in [2.24, 2.45) is 0 Å². The maximum atomic E-state index is 5.33. The second-order valence-corrected chi connectivity index (χ2v) is 9.64. The van der Waals surface area contributed by atoms with Crippen molar-refractivity contribution >= 4 is 11.4 Å². The number of hydrogen-bond acceptors (Lipinski definition) is 2. The zero-order chi connectivity index (χ0) is 23.2. The molecule has 0 amide bonds. The van der Waals surface area contributed by atoms with Gasteiger partial charge in [0.25, 0.3) is 0 Å². The Bertz CT molecular complexity index is 1280. The Kier molecular flexibility index (Phi) is 5.25. The number of rotatable bonds is 5. The molecular weight excluding hydrogens is 402 g/mol. The maximum absolute atomic E-state index is 5.33. The maximum Gasteiger partial charge on any atom is 0.119 e. The van der Waals surface area contributed by atoms with Gasteiger partial charge in [-0.2, -0.15) is 0 Å². The molecule has 1 aliphatic carbocycles. The van der Waals surface area contributed by atoms with E-state index in [0.29, 0.717) is 6.04 Å². The Hall–Kier alpha value is -3.52. The van der Waals surface area contributed by atoms with Crippen molar-refractivity contribution in [1.82, 2.24) is 0 Å². The lowest BCUT2D eigenvalue weighted by molar-refractivity contribution is 0.415. The zero-order valence-electron chi connectivity index (χ0n) is 20.1. The van der Waals surface area contributed by atoms with Crippen molar-refractivity contribution in [1.29, 1.82) is 0 Å². The lowest BCUT2D eigenvalue weighted by Crippen LogP contribution is -2.25. The van der Waals surface area contributed by atoms with Gasteiger partial charge in [0.1, 0.15) is 5.75 Å². The zero-order valence-corrected chi connectivity index (χ0v) is 20.1. The van der Waals surface area contributed by atoms with Crippen LogP contribution in [0.15, 0.2) is 91.0 Å². The second kappa shape index (κ2) is 8.12. The van der Waals surface area contributed by atoms with Crippen LogP contribution in [0.1, 0.15) is 38.8 Å². The fourth-order valence-corrected chi connectivity index (χ4v) is 5.19. The summed E-state index contributed by atoms with van der Waals surface area (Å²) in [5.74, 6) is 0.875. The molecule has 0 saturated heterocycles. The molecule has 0 spiro atoms. The van der Waals surface area contributed by atoms with Crippen LogP contribution in [0.4, 0.5) is 11.4 Å². The first-order valence-electron chi connectivity index (χ1n) is 11.7. The van der Waals surface area contributed by atoms with Crippen LogP contribution in [0.3, 0.4) is 0 Å². The monoisotopic (exact) mass is 433 g/mol. The number of hydrogen-bond donors (Lipinski definition) is 0. The molecule has 1 aliphatic rings. The summed E-state index contributed by atoms with van der Waals surface area (Å²) in [6.45, 7) is 9.11. The molecule has 0 bridgehead atoms. The summed E-state index contributed by atoms with van der Waals surface area (Å²) < 4.78 is 5.33. The lowest BCUT2D eigenvalue weighted by Gasteiger charge is -2.29. The van der Waals surface area contributed by atoms with Gasteiger partial charge < -0.3 is 9.64 Å². The van der Waals surface area contributed by atoms with E-state index in [-0.39, 0.29) is 5.41 Å². The highest BCUT2D eigenvalue weighted by atomic mass is 16.5. The molecule has 4 aromatic carbocycles. The van der Waals surface area contributed by atoms with E-state index in [1.807, 2.05) is 12.1 Å². The number of ether oxygens (including phenoxy) is 1. The molecule has 2 heteroatoms. The van der Waals surface area contributed by atoms with Crippen LogP contribution in [0.2, 0.25) is 0 Å². The van der Waals surface area contributed by atoms with Crippen LogP contribution < -0.4 is 9.64 Å². The predicted octanol–water partition coefficient (Wildman–Crippen LogP) is 8.22. The van der Waals surface area contributed by atoms with Gasteiger partial charge in [-0.1, -0.05) is 62.4 Å². The standard InChI is InChI=1S/C31H31NO/c1-21(2)32(25-15-17-26(33-5)18-16-25)24-13-10-22(11-14-24)23-12-19-28-27-8-6-7-9-29(27)31(3,4)30(28)20-23/h6-21H,1-5H3. The smallest absolute Gasteiger partial charge is 0.119 e. The summed E-state index contributed by atoms with van der Waals surface area (Å²) in [6.07, 6.45) is 0. The van der Waals surface area contributed by atoms with Gasteiger partial charge in [-0.15, -0.1) is 0 Å². The Morgan fingerprint density at radius 2 is 1.24 bits per heavy atom. The average molecular weight is 434 g/mol. The van der Waals surface area contributed by atoms with Crippen LogP contribution in [0.5, 0.6) is 5.75 Å². The molecule has 2 nitrogen and oxygen atoms in total. The first kappa shape index (κ1) is 21.3. The summed E-state index contributed by atoms with van der Waals surface area (Å²) >= 11 is 0.